The standard InChI is InChI=1S/C19H18BP/c20-16-21(17-10-4-1-5-11-17,18-12-6-2-7-13-18)19-14-8-3-9-15-19/h1-16,20-21H. The van der Waals surface area contributed by atoms with Crippen molar-refractivity contribution in [3.8, 4) is 0 Å². The molecule has 0 saturated heterocycles. The molecule has 0 unspecified atom stereocenters. The van der Waals surface area contributed by atoms with Gasteiger partial charge in [-0.1, -0.05) is 0 Å². The van der Waals surface area contributed by atoms with Gasteiger partial charge in [-0.15, -0.1) is 0 Å². The zero-order valence-electron chi connectivity index (χ0n) is 11.9. The van der Waals surface area contributed by atoms with E-state index in [0.717, 1.165) is 0 Å². The van der Waals surface area contributed by atoms with Gasteiger partial charge in [-0.2, -0.15) is 0 Å². The number of benzene rings is 3. The summed E-state index contributed by atoms with van der Waals surface area (Å²) in [5, 5.41) is 4.12. The molecule has 0 amide bonds. The Kier molecular flexibility index (Phi) is 4.13. The number of hydrogen-bond donors (Lipinski definition) is 0. The van der Waals surface area contributed by atoms with Crippen molar-refractivity contribution in [3.63, 3.8) is 0 Å². The first kappa shape index (κ1) is 14.0. The van der Waals surface area contributed by atoms with Crippen molar-refractivity contribution < 1.29 is 0 Å². The molecular weight excluding hydrogens is 270 g/mol. The van der Waals surface area contributed by atoms with Crippen molar-refractivity contribution in [1.29, 1.82) is 0 Å². The molecule has 0 heterocycles. The molecule has 0 spiro atoms. The van der Waals surface area contributed by atoms with Crippen molar-refractivity contribution in [2.45, 2.75) is 0 Å². The summed E-state index contributed by atoms with van der Waals surface area (Å²) in [6.07, 6.45) is 0. The Balaban J connectivity index is 2.31. The van der Waals surface area contributed by atoms with E-state index in [1.807, 2.05) is 0 Å². The molecule has 0 N–H and O–H groups in total. The minimum absolute atomic E-state index is 1.37. The average Bonchev–Trinajstić information content (AvgIpc) is 2.59. The molecule has 102 valence electrons. The molecule has 3 rings (SSSR count). The Morgan fingerprint density at radius 3 is 1.05 bits per heavy atom. The Bertz CT molecular complexity index is 612. The van der Waals surface area contributed by atoms with Gasteiger partial charge in [0, 0.05) is 0 Å². The zero-order valence-corrected chi connectivity index (χ0v) is 12.9. The first-order valence-electron chi connectivity index (χ1n) is 7.18. The van der Waals surface area contributed by atoms with Gasteiger partial charge in [0.05, 0.1) is 0 Å². The van der Waals surface area contributed by atoms with Gasteiger partial charge in [0.1, 0.15) is 0 Å². The molecule has 0 aliphatic carbocycles. The van der Waals surface area contributed by atoms with Crippen molar-refractivity contribution in [2.75, 3.05) is 0 Å². The molecule has 3 aromatic carbocycles. The van der Waals surface area contributed by atoms with E-state index in [4.69, 9.17) is 0 Å². The minimum atomic E-state index is -2.13. The van der Waals surface area contributed by atoms with Crippen LogP contribution in [0.2, 0.25) is 0 Å². The summed E-state index contributed by atoms with van der Waals surface area (Å²) in [6, 6.07) is 32.3. The molecule has 0 fully saturated rings. The monoisotopic (exact) mass is 288 g/mol. The van der Waals surface area contributed by atoms with Crippen LogP contribution in [0.15, 0.2) is 91.0 Å². The average molecular weight is 288 g/mol. The fourth-order valence-corrected chi connectivity index (χ4v) is 6.82. The summed E-state index contributed by atoms with van der Waals surface area (Å²) >= 11 is 0. The van der Waals surface area contributed by atoms with Crippen LogP contribution in [0, 0.1) is 0 Å². The van der Waals surface area contributed by atoms with Crippen molar-refractivity contribution in [2.24, 2.45) is 0 Å². The van der Waals surface area contributed by atoms with Crippen molar-refractivity contribution >= 4 is 36.4 Å². The first-order valence-corrected chi connectivity index (χ1v) is 9.26. The molecule has 2 heteroatoms. The topological polar surface area (TPSA) is 0 Å². The van der Waals surface area contributed by atoms with Crippen LogP contribution >= 0.6 is 7.26 Å². The third-order valence-corrected chi connectivity index (χ3v) is 8.34. The van der Waals surface area contributed by atoms with Crippen LogP contribution in [0.5, 0.6) is 0 Å². The molecule has 21 heavy (non-hydrogen) atoms. The summed E-state index contributed by atoms with van der Waals surface area (Å²) < 4.78 is 0. The van der Waals surface area contributed by atoms with E-state index in [1.165, 1.54) is 15.9 Å². The van der Waals surface area contributed by atoms with Crippen LogP contribution in [0.1, 0.15) is 0 Å². The molecular formula is C19H18BP. The summed E-state index contributed by atoms with van der Waals surface area (Å²) in [4.78, 5) is 0. The molecule has 0 saturated carbocycles. The third-order valence-electron chi connectivity index (χ3n) is 3.99. The summed E-state index contributed by atoms with van der Waals surface area (Å²) in [6.45, 7) is 0. The maximum absolute atomic E-state index is 4.22. The van der Waals surface area contributed by atoms with Gasteiger partial charge in [0.2, 0.25) is 0 Å². The molecule has 0 aliphatic heterocycles. The maximum atomic E-state index is 4.22. The van der Waals surface area contributed by atoms with Crippen LogP contribution < -0.4 is 15.9 Å². The van der Waals surface area contributed by atoms with Gasteiger partial charge in [-0.05, 0) is 0 Å². The van der Waals surface area contributed by atoms with Crippen LogP contribution in [0.25, 0.3) is 0 Å². The molecule has 0 radical (unpaired) electrons. The van der Waals surface area contributed by atoms with E-state index in [0.29, 0.717) is 0 Å². The second kappa shape index (κ2) is 6.20. The van der Waals surface area contributed by atoms with Crippen LogP contribution in [0.3, 0.4) is 0 Å². The molecule has 0 atom stereocenters. The summed E-state index contributed by atoms with van der Waals surface area (Å²) in [5.74, 6) is 0. The van der Waals surface area contributed by atoms with Gasteiger partial charge < -0.3 is 0 Å². The first-order chi connectivity index (χ1) is 10.4. The predicted molar refractivity (Wildman–Crippen MR) is 99.8 cm³/mol. The SMILES string of the molecule is B=C[PH](c1ccccc1)(c1ccccc1)c1ccccc1. The van der Waals surface area contributed by atoms with Gasteiger partial charge in [0.25, 0.3) is 0 Å². The molecule has 0 aliphatic rings. The van der Waals surface area contributed by atoms with Gasteiger partial charge >= 0.3 is 127 Å². The Labute approximate surface area is 127 Å². The predicted octanol–water partition coefficient (Wildman–Crippen LogP) is 2.37. The van der Waals surface area contributed by atoms with Crippen LogP contribution in [-0.2, 0) is 0 Å². The van der Waals surface area contributed by atoms with Gasteiger partial charge in [-0.25, -0.2) is 0 Å². The van der Waals surface area contributed by atoms with E-state index >= 15 is 0 Å². The van der Waals surface area contributed by atoms with Crippen molar-refractivity contribution in [3.05, 3.63) is 91.0 Å². The Hall–Kier alpha value is -1.98. The van der Waals surface area contributed by atoms with Gasteiger partial charge in [-0.3, -0.25) is 0 Å². The molecule has 0 aromatic heterocycles. The summed E-state index contributed by atoms with van der Waals surface area (Å²) in [5.41, 5.74) is 2.19. The molecule has 3 aromatic rings. The molecule has 0 bridgehead atoms. The fourth-order valence-electron chi connectivity index (χ4n) is 2.96. The quantitative estimate of drug-likeness (QED) is 0.511. The third kappa shape index (κ3) is 2.50. The van der Waals surface area contributed by atoms with E-state index < -0.39 is 7.26 Å². The van der Waals surface area contributed by atoms with Gasteiger partial charge in [0.15, 0.2) is 0 Å². The number of hydrogen-bond acceptors (Lipinski definition) is 0. The Morgan fingerprint density at radius 2 is 0.810 bits per heavy atom. The van der Waals surface area contributed by atoms with Crippen LogP contribution in [-0.4, -0.2) is 13.2 Å². The van der Waals surface area contributed by atoms with Crippen molar-refractivity contribution in [1.82, 2.24) is 0 Å². The second-order valence-corrected chi connectivity index (χ2v) is 8.87. The van der Waals surface area contributed by atoms with E-state index in [-0.39, 0.29) is 0 Å². The van der Waals surface area contributed by atoms with E-state index in [1.54, 1.807) is 0 Å². The Morgan fingerprint density at radius 1 is 0.524 bits per heavy atom. The zero-order chi connectivity index (χ0) is 14.5. The molecule has 0 nitrogen and oxygen atoms in total. The van der Waals surface area contributed by atoms with E-state index in [9.17, 15) is 0 Å². The summed E-state index contributed by atoms with van der Waals surface area (Å²) in [7, 11) is 2.09. The van der Waals surface area contributed by atoms with Crippen LogP contribution in [0.4, 0.5) is 0 Å². The number of rotatable bonds is 4. The van der Waals surface area contributed by atoms with E-state index in [2.05, 4.69) is 104 Å². The normalized spacial score (nSPS) is 11.8. The fraction of sp³-hybridized carbons (Fsp3) is 0. The second-order valence-electron chi connectivity index (χ2n) is 5.11.